The first-order valence-electron chi connectivity index (χ1n) is 6.95. The van der Waals surface area contributed by atoms with Gasteiger partial charge in [0.1, 0.15) is 5.54 Å². The highest BCUT2D eigenvalue weighted by Crippen LogP contribution is 2.25. The Hall–Kier alpha value is -0.610. The van der Waals surface area contributed by atoms with Crippen molar-refractivity contribution in [2.24, 2.45) is 11.8 Å². The molecule has 1 fully saturated rings. The first-order valence-corrected chi connectivity index (χ1v) is 6.95. The standard InChI is InChI=1S/C14H28N2O2/c1-10-6-11(2)9-16(8-10)12(3)7-14(4,15-5)13(17)18/h10-12,15H,6-9H2,1-5H3,(H,17,18). The summed E-state index contributed by atoms with van der Waals surface area (Å²) in [5.74, 6) is 0.652. The summed E-state index contributed by atoms with van der Waals surface area (Å²) in [6.45, 7) is 10.6. The zero-order valence-electron chi connectivity index (χ0n) is 12.4. The molecule has 4 heteroatoms. The molecule has 0 aromatic carbocycles. The maximum absolute atomic E-state index is 11.3. The molecule has 0 radical (unpaired) electrons. The second-order valence-corrected chi connectivity index (χ2v) is 6.34. The fourth-order valence-corrected chi connectivity index (χ4v) is 3.09. The van der Waals surface area contributed by atoms with E-state index >= 15 is 0 Å². The van der Waals surface area contributed by atoms with Crippen molar-refractivity contribution in [2.75, 3.05) is 20.1 Å². The number of hydrogen-bond acceptors (Lipinski definition) is 3. The number of nitrogens with one attached hydrogen (secondary N) is 1. The van der Waals surface area contributed by atoms with E-state index in [1.54, 1.807) is 14.0 Å². The third-order valence-electron chi connectivity index (χ3n) is 4.25. The Morgan fingerprint density at radius 1 is 1.44 bits per heavy atom. The van der Waals surface area contributed by atoms with Crippen molar-refractivity contribution in [1.82, 2.24) is 10.2 Å². The van der Waals surface area contributed by atoms with Crippen LogP contribution < -0.4 is 5.32 Å². The fraction of sp³-hybridized carbons (Fsp3) is 0.929. The molecule has 0 bridgehead atoms. The summed E-state index contributed by atoms with van der Waals surface area (Å²) in [5, 5.41) is 12.2. The van der Waals surface area contributed by atoms with Crippen molar-refractivity contribution in [1.29, 1.82) is 0 Å². The van der Waals surface area contributed by atoms with Crippen molar-refractivity contribution in [2.45, 2.75) is 52.1 Å². The number of piperidine rings is 1. The number of carboxylic acids is 1. The highest BCUT2D eigenvalue weighted by atomic mass is 16.4. The number of likely N-dealkylation sites (N-methyl/N-ethyl adjacent to an activating group) is 1. The van der Waals surface area contributed by atoms with Crippen LogP contribution in [0.5, 0.6) is 0 Å². The topological polar surface area (TPSA) is 52.6 Å². The summed E-state index contributed by atoms with van der Waals surface area (Å²) in [7, 11) is 1.72. The van der Waals surface area contributed by atoms with Gasteiger partial charge in [0.25, 0.3) is 0 Å². The van der Waals surface area contributed by atoms with Crippen LogP contribution in [0, 0.1) is 11.8 Å². The minimum Gasteiger partial charge on any atom is -0.480 e. The molecule has 2 N–H and O–H groups in total. The van der Waals surface area contributed by atoms with Gasteiger partial charge in [0.15, 0.2) is 0 Å². The Balaban J connectivity index is 2.64. The van der Waals surface area contributed by atoms with E-state index in [4.69, 9.17) is 0 Å². The molecule has 1 saturated heterocycles. The predicted molar refractivity (Wildman–Crippen MR) is 73.7 cm³/mol. The van der Waals surface area contributed by atoms with E-state index < -0.39 is 11.5 Å². The van der Waals surface area contributed by atoms with E-state index in [2.05, 4.69) is 31.0 Å². The quantitative estimate of drug-likeness (QED) is 0.787. The zero-order chi connectivity index (χ0) is 13.9. The molecule has 1 rings (SSSR count). The lowest BCUT2D eigenvalue weighted by Crippen LogP contribution is -2.53. The van der Waals surface area contributed by atoms with E-state index in [0.29, 0.717) is 24.3 Å². The lowest BCUT2D eigenvalue weighted by Gasteiger charge is -2.41. The van der Waals surface area contributed by atoms with Crippen molar-refractivity contribution in [3.8, 4) is 0 Å². The minimum atomic E-state index is -0.830. The Bertz CT molecular complexity index is 286. The molecule has 0 spiro atoms. The molecule has 1 aliphatic heterocycles. The normalized spacial score (nSPS) is 30.7. The lowest BCUT2D eigenvalue weighted by atomic mass is 9.88. The van der Waals surface area contributed by atoms with Crippen molar-refractivity contribution < 1.29 is 9.90 Å². The van der Waals surface area contributed by atoms with Gasteiger partial charge in [-0.05, 0) is 45.6 Å². The smallest absolute Gasteiger partial charge is 0.323 e. The van der Waals surface area contributed by atoms with Gasteiger partial charge in [-0.3, -0.25) is 4.79 Å². The van der Waals surface area contributed by atoms with Gasteiger partial charge < -0.3 is 15.3 Å². The van der Waals surface area contributed by atoms with E-state index in [9.17, 15) is 9.90 Å². The summed E-state index contributed by atoms with van der Waals surface area (Å²) in [5.41, 5.74) is -0.830. The first-order chi connectivity index (χ1) is 8.28. The van der Waals surface area contributed by atoms with Crippen LogP contribution in [-0.2, 0) is 4.79 Å². The van der Waals surface area contributed by atoms with Crippen LogP contribution in [0.4, 0.5) is 0 Å². The van der Waals surface area contributed by atoms with E-state index in [-0.39, 0.29) is 0 Å². The lowest BCUT2D eigenvalue weighted by molar-refractivity contribution is -0.144. The second kappa shape index (κ2) is 6.02. The van der Waals surface area contributed by atoms with E-state index in [1.807, 2.05) is 0 Å². The van der Waals surface area contributed by atoms with Gasteiger partial charge in [-0.15, -0.1) is 0 Å². The molecule has 1 aliphatic rings. The first kappa shape index (κ1) is 15.4. The van der Waals surface area contributed by atoms with Gasteiger partial charge in [-0.2, -0.15) is 0 Å². The molecule has 18 heavy (non-hydrogen) atoms. The monoisotopic (exact) mass is 256 g/mol. The predicted octanol–water partition coefficient (Wildman–Crippen LogP) is 1.81. The Labute approximate surface area is 111 Å². The number of carboxylic acid groups (broad SMARTS) is 1. The maximum atomic E-state index is 11.3. The largest absolute Gasteiger partial charge is 0.480 e. The molecule has 106 valence electrons. The molecule has 0 aliphatic carbocycles. The molecular weight excluding hydrogens is 228 g/mol. The number of rotatable bonds is 5. The van der Waals surface area contributed by atoms with Crippen molar-refractivity contribution >= 4 is 5.97 Å². The minimum absolute atomic E-state index is 0.295. The molecule has 0 amide bonds. The van der Waals surface area contributed by atoms with Gasteiger partial charge in [-0.25, -0.2) is 0 Å². The highest BCUT2D eigenvalue weighted by molar-refractivity contribution is 5.78. The van der Waals surface area contributed by atoms with Crippen LogP contribution in [0.15, 0.2) is 0 Å². The molecule has 0 aromatic heterocycles. The average molecular weight is 256 g/mol. The number of carbonyl (C=O) groups is 1. The van der Waals surface area contributed by atoms with Crippen LogP contribution in [0.25, 0.3) is 0 Å². The zero-order valence-corrected chi connectivity index (χ0v) is 12.4. The number of aliphatic carboxylic acids is 1. The number of likely N-dealkylation sites (tertiary alicyclic amines) is 1. The molecule has 1 heterocycles. The van der Waals surface area contributed by atoms with Crippen LogP contribution in [0.3, 0.4) is 0 Å². The Morgan fingerprint density at radius 3 is 2.33 bits per heavy atom. The van der Waals surface area contributed by atoms with Crippen LogP contribution in [-0.4, -0.2) is 47.7 Å². The summed E-state index contributed by atoms with van der Waals surface area (Å²) >= 11 is 0. The van der Waals surface area contributed by atoms with Crippen molar-refractivity contribution in [3.63, 3.8) is 0 Å². The summed E-state index contributed by atoms with van der Waals surface area (Å²) in [6.07, 6.45) is 1.92. The molecule has 0 saturated carbocycles. The van der Waals surface area contributed by atoms with Gasteiger partial charge in [0.05, 0.1) is 0 Å². The molecular formula is C14H28N2O2. The number of nitrogens with zero attached hydrogens (tertiary/aromatic N) is 1. The van der Waals surface area contributed by atoms with Gasteiger partial charge >= 0.3 is 5.97 Å². The van der Waals surface area contributed by atoms with Crippen molar-refractivity contribution in [3.05, 3.63) is 0 Å². The van der Waals surface area contributed by atoms with Gasteiger partial charge in [0.2, 0.25) is 0 Å². The molecule has 4 nitrogen and oxygen atoms in total. The Morgan fingerprint density at radius 2 is 1.94 bits per heavy atom. The maximum Gasteiger partial charge on any atom is 0.323 e. The van der Waals surface area contributed by atoms with E-state index in [1.165, 1.54) is 6.42 Å². The fourth-order valence-electron chi connectivity index (χ4n) is 3.09. The highest BCUT2D eigenvalue weighted by Gasteiger charge is 2.35. The van der Waals surface area contributed by atoms with Crippen LogP contribution >= 0.6 is 0 Å². The van der Waals surface area contributed by atoms with Crippen LogP contribution in [0.2, 0.25) is 0 Å². The SMILES string of the molecule is CNC(C)(CC(C)N1CC(C)CC(C)C1)C(=O)O. The molecule has 4 unspecified atom stereocenters. The number of hydrogen-bond donors (Lipinski definition) is 2. The summed E-state index contributed by atoms with van der Waals surface area (Å²) < 4.78 is 0. The van der Waals surface area contributed by atoms with Crippen LogP contribution in [0.1, 0.15) is 40.5 Å². The summed E-state index contributed by atoms with van der Waals surface area (Å²) in [4.78, 5) is 13.8. The third kappa shape index (κ3) is 3.69. The van der Waals surface area contributed by atoms with Gasteiger partial charge in [-0.1, -0.05) is 13.8 Å². The Kier molecular flexibility index (Phi) is 5.17. The summed E-state index contributed by atoms with van der Waals surface area (Å²) in [6, 6.07) is 0.295. The second-order valence-electron chi connectivity index (χ2n) is 6.34. The third-order valence-corrected chi connectivity index (χ3v) is 4.25. The van der Waals surface area contributed by atoms with E-state index in [0.717, 1.165) is 13.1 Å². The molecule has 0 aromatic rings. The van der Waals surface area contributed by atoms with Gasteiger partial charge in [0, 0.05) is 19.1 Å². The molecule has 4 atom stereocenters. The average Bonchev–Trinajstić information content (AvgIpc) is 2.27.